The standard InChI is InChI=1S/C74H117NO8/c1-6-8-10-12-14-16-18-20-22-24-26-28-29-30-31-32-33-34-35-36-37-38-39-40-41-42-43-45-47-49-51-53-55-57-59-61-63-65-72(77)83-70(69-82-74(73(78)79)80-67-66-75(3,4)5)68-81-71(76)64-62-60-58-56-54-52-50-48-46-44-27-25-23-21-19-17-15-13-11-9-7-2/h8,10,14,16,19-22,25-28,30-31,33-34,36-37,39-40,42-43,46-49,53,55,70,74H,6-7,9,11-13,15,17-18,23-24,29,32,35,38,41,44-45,50-52,54,56-69H2,1-5H3/p+1/b10-8-,16-14-,21-19-,22-20-,27-25-,28-26-,31-30-,34-33-,37-36-,40-39-,43-42-,48-46-,49-47-,55-53-. The van der Waals surface area contributed by atoms with Crippen molar-refractivity contribution in [3.63, 3.8) is 0 Å². The Morgan fingerprint density at radius 2 is 0.687 bits per heavy atom. The Kier molecular flexibility index (Phi) is 58.6. The van der Waals surface area contributed by atoms with E-state index in [2.05, 4.69) is 184 Å². The average molecular weight is 1150 g/mol. The fourth-order valence-corrected chi connectivity index (χ4v) is 8.02. The fourth-order valence-electron chi connectivity index (χ4n) is 8.02. The molecule has 466 valence electrons. The molecule has 0 aliphatic rings. The van der Waals surface area contributed by atoms with E-state index in [4.69, 9.17) is 18.9 Å². The van der Waals surface area contributed by atoms with Gasteiger partial charge in [0.25, 0.3) is 6.29 Å². The minimum absolute atomic E-state index is 0.169. The van der Waals surface area contributed by atoms with Crippen LogP contribution in [0.1, 0.15) is 219 Å². The van der Waals surface area contributed by atoms with Crippen molar-refractivity contribution in [3.8, 4) is 0 Å². The number of quaternary nitrogens is 1. The Bertz CT molecular complexity index is 1960. The second kappa shape index (κ2) is 62.7. The van der Waals surface area contributed by atoms with Gasteiger partial charge in [-0.2, -0.15) is 0 Å². The van der Waals surface area contributed by atoms with Crippen LogP contribution in [0, 0.1) is 0 Å². The van der Waals surface area contributed by atoms with Crippen molar-refractivity contribution in [2.45, 2.75) is 232 Å². The Morgan fingerprint density at radius 1 is 0.373 bits per heavy atom. The summed E-state index contributed by atoms with van der Waals surface area (Å²) >= 11 is 0. The van der Waals surface area contributed by atoms with E-state index in [0.717, 1.165) is 148 Å². The molecule has 83 heavy (non-hydrogen) atoms. The number of carbonyl (C=O) groups is 3. The van der Waals surface area contributed by atoms with Crippen molar-refractivity contribution in [2.24, 2.45) is 0 Å². The maximum absolute atomic E-state index is 12.9. The molecular formula is C74H118NO8+. The highest BCUT2D eigenvalue weighted by molar-refractivity contribution is 5.71. The Labute approximate surface area is 507 Å². The maximum Gasteiger partial charge on any atom is 0.361 e. The zero-order valence-corrected chi connectivity index (χ0v) is 53.0. The van der Waals surface area contributed by atoms with Gasteiger partial charge in [-0.25, -0.2) is 4.79 Å². The molecule has 9 nitrogen and oxygen atoms in total. The van der Waals surface area contributed by atoms with Crippen molar-refractivity contribution in [1.82, 2.24) is 0 Å². The van der Waals surface area contributed by atoms with E-state index in [1.165, 1.54) is 38.5 Å². The van der Waals surface area contributed by atoms with Gasteiger partial charge in [0.15, 0.2) is 6.10 Å². The van der Waals surface area contributed by atoms with E-state index < -0.39 is 24.3 Å². The number of hydrogen-bond acceptors (Lipinski definition) is 7. The summed E-state index contributed by atoms with van der Waals surface area (Å²) in [7, 11) is 5.94. The molecule has 0 heterocycles. The topological polar surface area (TPSA) is 108 Å². The van der Waals surface area contributed by atoms with E-state index in [0.29, 0.717) is 17.4 Å². The first-order valence-electron chi connectivity index (χ1n) is 32.3. The summed E-state index contributed by atoms with van der Waals surface area (Å²) in [5, 5.41) is 9.72. The monoisotopic (exact) mass is 1150 g/mol. The molecule has 0 saturated heterocycles. The highest BCUT2D eigenvalue weighted by Crippen LogP contribution is 2.13. The Hall–Kier alpha value is -5.35. The van der Waals surface area contributed by atoms with Crippen molar-refractivity contribution in [2.75, 3.05) is 47.5 Å². The summed E-state index contributed by atoms with van der Waals surface area (Å²) in [4.78, 5) is 37.5. The number of rotatable bonds is 57. The number of esters is 2. The van der Waals surface area contributed by atoms with Crippen molar-refractivity contribution in [3.05, 3.63) is 170 Å². The number of ether oxygens (including phenoxy) is 4. The summed E-state index contributed by atoms with van der Waals surface area (Å²) in [6, 6.07) is 0. The summed E-state index contributed by atoms with van der Waals surface area (Å²) in [6.07, 6.45) is 91.6. The number of likely N-dealkylation sites (N-methyl/N-ethyl adjacent to an activating group) is 1. The molecule has 9 heteroatoms. The molecule has 2 atom stereocenters. The molecule has 1 N–H and O–H groups in total. The third-order valence-corrected chi connectivity index (χ3v) is 13.0. The molecule has 0 aromatic heterocycles. The lowest BCUT2D eigenvalue weighted by Gasteiger charge is -2.25. The quantitative estimate of drug-likeness (QED) is 0.0211. The first-order chi connectivity index (χ1) is 40.6. The van der Waals surface area contributed by atoms with Crippen LogP contribution in [0.15, 0.2) is 170 Å². The molecule has 2 unspecified atom stereocenters. The molecule has 0 rings (SSSR count). The first kappa shape index (κ1) is 77.7. The lowest BCUT2D eigenvalue weighted by Crippen LogP contribution is -2.40. The third-order valence-electron chi connectivity index (χ3n) is 13.0. The van der Waals surface area contributed by atoms with Gasteiger partial charge in [-0.15, -0.1) is 0 Å². The number of aliphatic carboxylic acids is 1. The Morgan fingerprint density at radius 3 is 1.04 bits per heavy atom. The second-order valence-corrected chi connectivity index (χ2v) is 22.0. The third kappa shape index (κ3) is 64.1. The summed E-state index contributed by atoms with van der Waals surface area (Å²) in [5.74, 6) is -2.09. The molecule has 0 fully saturated rings. The minimum Gasteiger partial charge on any atom is -0.477 e. The van der Waals surface area contributed by atoms with Gasteiger partial charge in [-0.1, -0.05) is 242 Å². The molecule has 0 aromatic rings. The SMILES string of the molecule is CC/C=C\C/C=C\C/C=C\C/C=C\C/C=C\C/C=C\C/C=C\C/C=C\C/C=C\C/C=C\C/C=C\CCCCCC(=O)OC(COC(=O)CCCCCCCC/C=C\C/C=C\C/C=C\CCCCCCC)COC(OCC[N+](C)(C)C)C(=O)O. The van der Waals surface area contributed by atoms with E-state index in [1.807, 2.05) is 21.1 Å². The van der Waals surface area contributed by atoms with Gasteiger partial charge < -0.3 is 28.5 Å². The summed E-state index contributed by atoms with van der Waals surface area (Å²) < 4.78 is 22.8. The van der Waals surface area contributed by atoms with Gasteiger partial charge in [-0.3, -0.25) is 9.59 Å². The predicted octanol–water partition coefficient (Wildman–Crippen LogP) is 19.9. The number of carboxylic acid groups (broad SMARTS) is 1. The minimum atomic E-state index is -1.54. The van der Waals surface area contributed by atoms with Gasteiger partial charge >= 0.3 is 17.9 Å². The van der Waals surface area contributed by atoms with Crippen LogP contribution >= 0.6 is 0 Å². The summed E-state index contributed by atoms with van der Waals surface area (Å²) in [6.45, 7) is 4.67. The largest absolute Gasteiger partial charge is 0.477 e. The van der Waals surface area contributed by atoms with Crippen LogP contribution in [0.5, 0.6) is 0 Å². The van der Waals surface area contributed by atoms with Crippen LogP contribution in [0.4, 0.5) is 0 Å². The van der Waals surface area contributed by atoms with Crippen LogP contribution in [-0.4, -0.2) is 87.4 Å². The van der Waals surface area contributed by atoms with E-state index in [9.17, 15) is 19.5 Å². The fraction of sp³-hybridized carbons (Fsp3) is 0.581. The molecule has 0 radical (unpaired) electrons. The number of unbranched alkanes of at least 4 members (excludes halogenated alkanes) is 14. The van der Waals surface area contributed by atoms with E-state index >= 15 is 0 Å². The van der Waals surface area contributed by atoms with E-state index in [-0.39, 0.29) is 38.6 Å². The van der Waals surface area contributed by atoms with Crippen LogP contribution in [0.25, 0.3) is 0 Å². The van der Waals surface area contributed by atoms with Gasteiger partial charge in [-0.05, 0) is 135 Å². The molecule has 0 spiro atoms. The van der Waals surface area contributed by atoms with Gasteiger partial charge in [0.1, 0.15) is 13.2 Å². The van der Waals surface area contributed by atoms with Crippen molar-refractivity contribution < 1.29 is 42.9 Å². The van der Waals surface area contributed by atoms with E-state index in [1.54, 1.807) is 0 Å². The number of allylic oxidation sites excluding steroid dienone is 28. The smallest absolute Gasteiger partial charge is 0.361 e. The molecular weight excluding hydrogens is 1030 g/mol. The second-order valence-electron chi connectivity index (χ2n) is 22.0. The molecule has 0 saturated carbocycles. The van der Waals surface area contributed by atoms with Crippen LogP contribution < -0.4 is 0 Å². The lowest BCUT2D eigenvalue weighted by atomic mass is 10.1. The van der Waals surface area contributed by atoms with Crippen molar-refractivity contribution >= 4 is 17.9 Å². The Balaban J connectivity index is 4.33. The zero-order chi connectivity index (χ0) is 60.5. The molecule has 0 bridgehead atoms. The lowest BCUT2D eigenvalue weighted by molar-refractivity contribution is -0.870. The molecule has 0 aromatic carbocycles. The molecule has 0 aliphatic heterocycles. The average Bonchev–Trinajstić information content (AvgIpc) is 3.46. The van der Waals surface area contributed by atoms with Gasteiger partial charge in [0.2, 0.25) is 0 Å². The highest BCUT2D eigenvalue weighted by atomic mass is 16.7. The van der Waals surface area contributed by atoms with Crippen LogP contribution in [0.2, 0.25) is 0 Å². The maximum atomic E-state index is 12.9. The van der Waals surface area contributed by atoms with Crippen LogP contribution in [0.3, 0.4) is 0 Å². The van der Waals surface area contributed by atoms with Crippen molar-refractivity contribution in [1.29, 1.82) is 0 Å². The van der Waals surface area contributed by atoms with Gasteiger partial charge in [0, 0.05) is 12.8 Å². The van der Waals surface area contributed by atoms with Crippen LogP contribution in [-0.2, 0) is 33.3 Å². The normalized spacial score (nSPS) is 13.9. The number of hydrogen-bond donors (Lipinski definition) is 1. The molecule has 0 aliphatic carbocycles. The molecule has 0 amide bonds. The number of nitrogens with zero attached hydrogens (tertiary/aromatic N) is 1. The highest BCUT2D eigenvalue weighted by Gasteiger charge is 2.25. The number of carbonyl (C=O) groups excluding carboxylic acids is 2. The predicted molar refractivity (Wildman–Crippen MR) is 354 cm³/mol. The number of carboxylic acids is 1. The summed E-state index contributed by atoms with van der Waals surface area (Å²) in [5.41, 5.74) is 0. The zero-order valence-electron chi connectivity index (χ0n) is 53.0. The van der Waals surface area contributed by atoms with Gasteiger partial charge in [0.05, 0.1) is 34.4 Å². The first-order valence-corrected chi connectivity index (χ1v) is 32.3.